The zero-order valence-corrected chi connectivity index (χ0v) is 13.3. The molecule has 4 nitrogen and oxygen atoms in total. The molecule has 0 aliphatic rings. The number of aliphatic hydroxyl groups is 1. The van der Waals surface area contributed by atoms with Gasteiger partial charge < -0.3 is 15.2 Å². The van der Waals surface area contributed by atoms with E-state index in [1.54, 1.807) is 39.0 Å². The second-order valence-electron chi connectivity index (χ2n) is 6.21. The van der Waals surface area contributed by atoms with Crippen LogP contribution in [0.3, 0.4) is 0 Å². The van der Waals surface area contributed by atoms with Crippen molar-refractivity contribution >= 4 is 17.7 Å². The second kappa shape index (κ2) is 6.02. The number of benzene rings is 1. The molecule has 1 aromatic rings. The number of carbonyl (C=O) groups is 1. The first-order chi connectivity index (χ1) is 9.05. The number of carbonyl (C=O) groups excluding carboxylic acids is 1. The number of ether oxygens (including phenoxy) is 1. The van der Waals surface area contributed by atoms with E-state index in [4.69, 9.17) is 16.3 Å². The fourth-order valence-corrected chi connectivity index (χ4v) is 2.12. The molecule has 0 aromatic heterocycles. The van der Waals surface area contributed by atoms with E-state index in [2.05, 4.69) is 5.32 Å². The van der Waals surface area contributed by atoms with Crippen LogP contribution < -0.4 is 5.32 Å². The number of hydrogen-bond acceptors (Lipinski definition) is 3. The summed E-state index contributed by atoms with van der Waals surface area (Å²) in [6.07, 6.45) is -0.499. The third-order valence-corrected chi connectivity index (χ3v) is 2.96. The average Bonchev–Trinajstić information content (AvgIpc) is 2.24. The van der Waals surface area contributed by atoms with Gasteiger partial charge in [0.1, 0.15) is 5.60 Å². The summed E-state index contributed by atoms with van der Waals surface area (Å²) < 4.78 is 5.25. The van der Waals surface area contributed by atoms with E-state index in [1.807, 2.05) is 13.8 Å². The Hall–Kier alpha value is -1.26. The van der Waals surface area contributed by atoms with Crippen LogP contribution in [0.2, 0.25) is 5.02 Å². The number of aliphatic hydroxyl groups excluding tert-OH is 1. The Kier molecular flexibility index (Phi) is 5.05. The summed E-state index contributed by atoms with van der Waals surface area (Å²) in [5, 5.41) is 12.8. The standard InChI is InChI=1S/C15H22ClNO3/c1-14(2,3)20-13(19)17-15(4,5)12-7-6-11(16)8-10(12)9-18/h6-8,18H,9H2,1-5H3,(H,17,19). The largest absolute Gasteiger partial charge is 0.444 e. The molecule has 112 valence electrons. The Morgan fingerprint density at radius 2 is 1.90 bits per heavy atom. The van der Waals surface area contributed by atoms with Crippen LogP contribution in [-0.4, -0.2) is 16.8 Å². The fourth-order valence-electron chi connectivity index (χ4n) is 1.93. The van der Waals surface area contributed by atoms with Gasteiger partial charge in [-0.15, -0.1) is 0 Å². The predicted octanol–water partition coefficient (Wildman–Crippen LogP) is 3.59. The molecular weight excluding hydrogens is 278 g/mol. The van der Waals surface area contributed by atoms with Gasteiger partial charge >= 0.3 is 6.09 Å². The summed E-state index contributed by atoms with van der Waals surface area (Å²) in [5.74, 6) is 0. The van der Waals surface area contributed by atoms with Crippen molar-refractivity contribution in [1.29, 1.82) is 0 Å². The molecule has 0 aliphatic heterocycles. The van der Waals surface area contributed by atoms with Gasteiger partial charge in [-0.2, -0.15) is 0 Å². The van der Waals surface area contributed by atoms with E-state index in [9.17, 15) is 9.90 Å². The maximum absolute atomic E-state index is 11.9. The van der Waals surface area contributed by atoms with Crippen molar-refractivity contribution in [1.82, 2.24) is 5.32 Å². The Bertz CT molecular complexity index is 492. The first kappa shape index (κ1) is 16.8. The molecular formula is C15H22ClNO3. The van der Waals surface area contributed by atoms with E-state index in [-0.39, 0.29) is 6.61 Å². The molecule has 20 heavy (non-hydrogen) atoms. The monoisotopic (exact) mass is 299 g/mol. The number of amides is 1. The van der Waals surface area contributed by atoms with E-state index in [1.165, 1.54) is 0 Å². The van der Waals surface area contributed by atoms with Gasteiger partial charge in [0, 0.05) is 5.02 Å². The SMILES string of the molecule is CC(C)(C)OC(=O)NC(C)(C)c1ccc(Cl)cc1CO. The highest BCUT2D eigenvalue weighted by molar-refractivity contribution is 6.30. The van der Waals surface area contributed by atoms with E-state index >= 15 is 0 Å². The van der Waals surface area contributed by atoms with Crippen LogP contribution in [0.15, 0.2) is 18.2 Å². The molecule has 0 atom stereocenters. The molecule has 2 N–H and O–H groups in total. The molecule has 0 aliphatic carbocycles. The summed E-state index contributed by atoms with van der Waals surface area (Å²) in [5.41, 5.74) is 0.249. The third kappa shape index (κ3) is 4.69. The lowest BCUT2D eigenvalue weighted by molar-refractivity contribution is 0.0469. The molecule has 0 spiro atoms. The number of nitrogens with one attached hydrogen (secondary N) is 1. The zero-order valence-electron chi connectivity index (χ0n) is 12.6. The molecule has 5 heteroatoms. The van der Waals surface area contributed by atoms with Crippen molar-refractivity contribution in [2.24, 2.45) is 0 Å². The highest BCUT2D eigenvalue weighted by atomic mass is 35.5. The van der Waals surface area contributed by atoms with E-state index in [0.29, 0.717) is 10.6 Å². The summed E-state index contributed by atoms with van der Waals surface area (Å²) in [4.78, 5) is 11.9. The maximum Gasteiger partial charge on any atom is 0.408 e. The molecule has 0 bridgehead atoms. The minimum atomic E-state index is -0.676. The van der Waals surface area contributed by atoms with Gasteiger partial charge in [0.25, 0.3) is 0 Å². The first-order valence-corrected chi connectivity index (χ1v) is 6.84. The average molecular weight is 300 g/mol. The predicted molar refractivity (Wildman–Crippen MR) is 79.8 cm³/mol. The van der Waals surface area contributed by atoms with Crippen LogP contribution in [0, 0.1) is 0 Å². The van der Waals surface area contributed by atoms with Gasteiger partial charge in [0.2, 0.25) is 0 Å². The van der Waals surface area contributed by atoms with Crippen molar-refractivity contribution in [3.05, 3.63) is 34.3 Å². The van der Waals surface area contributed by atoms with Crippen LogP contribution in [0.25, 0.3) is 0 Å². The van der Waals surface area contributed by atoms with Crippen molar-refractivity contribution < 1.29 is 14.6 Å². The molecule has 1 rings (SSSR count). The summed E-state index contributed by atoms with van der Waals surface area (Å²) in [6.45, 7) is 8.97. The molecule has 0 fully saturated rings. The van der Waals surface area contributed by atoms with Gasteiger partial charge in [-0.05, 0) is 57.9 Å². The first-order valence-electron chi connectivity index (χ1n) is 6.46. The summed E-state index contributed by atoms with van der Waals surface area (Å²) >= 11 is 5.92. The van der Waals surface area contributed by atoms with Crippen LogP contribution in [0.4, 0.5) is 4.79 Å². The quantitative estimate of drug-likeness (QED) is 0.896. The van der Waals surface area contributed by atoms with E-state index < -0.39 is 17.2 Å². The van der Waals surface area contributed by atoms with E-state index in [0.717, 1.165) is 5.56 Å². The second-order valence-corrected chi connectivity index (χ2v) is 6.65. The zero-order chi connectivity index (χ0) is 15.6. The Balaban J connectivity index is 2.96. The summed E-state index contributed by atoms with van der Waals surface area (Å²) in [6, 6.07) is 5.22. The molecule has 1 aromatic carbocycles. The van der Waals surface area contributed by atoms with Gasteiger partial charge in [-0.1, -0.05) is 17.7 Å². The lowest BCUT2D eigenvalue weighted by Crippen LogP contribution is -2.44. The molecule has 1 amide bonds. The Labute approximate surface area is 125 Å². The number of hydrogen-bond donors (Lipinski definition) is 2. The van der Waals surface area contributed by atoms with Crippen molar-refractivity contribution in [3.8, 4) is 0 Å². The normalized spacial score (nSPS) is 12.2. The molecule has 0 unspecified atom stereocenters. The maximum atomic E-state index is 11.9. The van der Waals surface area contributed by atoms with Gasteiger partial charge in [-0.3, -0.25) is 0 Å². The topological polar surface area (TPSA) is 58.6 Å². The highest BCUT2D eigenvalue weighted by Crippen LogP contribution is 2.27. The number of halogens is 1. The lowest BCUT2D eigenvalue weighted by Gasteiger charge is -2.30. The molecule has 0 saturated heterocycles. The summed E-state index contributed by atoms with van der Waals surface area (Å²) in [7, 11) is 0. The minimum absolute atomic E-state index is 0.144. The molecule has 0 radical (unpaired) electrons. The van der Waals surface area contributed by atoms with Crippen LogP contribution in [0.5, 0.6) is 0 Å². The smallest absolute Gasteiger partial charge is 0.408 e. The minimum Gasteiger partial charge on any atom is -0.444 e. The fraction of sp³-hybridized carbons (Fsp3) is 0.533. The lowest BCUT2D eigenvalue weighted by atomic mass is 9.90. The Morgan fingerprint density at radius 1 is 1.30 bits per heavy atom. The van der Waals surface area contributed by atoms with Crippen LogP contribution in [0.1, 0.15) is 45.7 Å². The van der Waals surface area contributed by atoms with Gasteiger partial charge in [0.15, 0.2) is 0 Å². The molecule has 0 heterocycles. The van der Waals surface area contributed by atoms with Gasteiger partial charge in [0.05, 0.1) is 12.1 Å². The van der Waals surface area contributed by atoms with Crippen LogP contribution in [-0.2, 0) is 16.9 Å². The van der Waals surface area contributed by atoms with Crippen LogP contribution >= 0.6 is 11.6 Å². The van der Waals surface area contributed by atoms with Crippen molar-refractivity contribution in [3.63, 3.8) is 0 Å². The number of alkyl carbamates (subject to hydrolysis) is 1. The van der Waals surface area contributed by atoms with Gasteiger partial charge in [-0.25, -0.2) is 4.79 Å². The highest BCUT2D eigenvalue weighted by Gasteiger charge is 2.28. The molecule has 0 saturated carbocycles. The number of rotatable bonds is 3. The van der Waals surface area contributed by atoms with Crippen molar-refractivity contribution in [2.75, 3.05) is 0 Å². The van der Waals surface area contributed by atoms with Crippen molar-refractivity contribution in [2.45, 2.75) is 52.4 Å². The Morgan fingerprint density at radius 3 is 2.40 bits per heavy atom. The third-order valence-electron chi connectivity index (χ3n) is 2.72.